The Morgan fingerprint density at radius 3 is 2.83 bits per heavy atom. The molecule has 0 unspecified atom stereocenters. The molecule has 2 fully saturated rings. The number of likely N-dealkylation sites (tertiary alicyclic amines) is 2. The summed E-state index contributed by atoms with van der Waals surface area (Å²) in [7, 11) is 0. The van der Waals surface area contributed by atoms with Crippen molar-refractivity contribution in [3.05, 3.63) is 5.82 Å². The molecule has 24 heavy (non-hydrogen) atoms. The molecular formula is C16H25N5O2S. The van der Waals surface area contributed by atoms with Crippen LogP contribution in [0.5, 0.6) is 0 Å². The fraction of sp³-hybridized carbons (Fsp3) is 0.750. The van der Waals surface area contributed by atoms with Gasteiger partial charge < -0.3 is 9.80 Å². The molecule has 1 aromatic heterocycles. The highest BCUT2D eigenvalue weighted by atomic mass is 32.2. The van der Waals surface area contributed by atoms with Gasteiger partial charge in [0, 0.05) is 25.7 Å². The van der Waals surface area contributed by atoms with Crippen molar-refractivity contribution in [3.8, 4) is 0 Å². The number of aromatic nitrogens is 3. The van der Waals surface area contributed by atoms with Gasteiger partial charge in [-0.15, -0.1) is 5.10 Å². The van der Waals surface area contributed by atoms with Crippen molar-refractivity contribution in [2.24, 2.45) is 5.41 Å². The molecule has 8 heteroatoms. The lowest BCUT2D eigenvalue weighted by molar-refractivity contribution is -0.148. The lowest BCUT2D eigenvalue weighted by Gasteiger charge is -2.41. The van der Waals surface area contributed by atoms with E-state index in [0.29, 0.717) is 24.0 Å². The van der Waals surface area contributed by atoms with Gasteiger partial charge in [-0.2, -0.15) is 0 Å². The van der Waals surface area contributed by atoms with Crippen LogP contribution in [0.2, 0.25) is 0 Å². The first-order valence-electron chi connectivity index (χ1n) is 8.52. The number of H-pyrrole nitrogens is 1. The minimum Gasteiger partial charge on any atom is -0.341 e. The first-order valence-corrected chi connectivity index (χ1v) is 9.50. The van der Waals surface area contributed by atoms with Gasteiger partial charge in [0.15, 0.2) is 0 Å². The molecule has 7 nitrogen and oxygen atoms in total. The standard InChI is InChI=1S/C16H25N5O2S/c1-11(2)21-7-4-5-16(14(21)23)6-8-20(10-16)13(22)9-24-15-17-12(3)18-19-15/h11H,4-10H2,1-3H3,(H,17,18,19)/t16-/m1/s1. The Hall–Kier alpha value is -1.57. The third-order valence-corrected chi connectivity index (χ3v) is 5.83. The maximum Gasteiger partial charge on any atom is 0.233 e. The monoisotopic (exact) mass is 351 g/mol. The normalized spacial score (nSPS) is 24.4. The Labute approximate surface area is 146 Å². The summed E-state index contributed by atoms with van der Waals surface area (Å²) in [5.41, 5.74) is -0.357. The molecule has 0 bridgehead atoms. The Morgan fingerprint density at radius 2 is 2.17 bits per heavy atom. The zero-order chi connectivity index (χ0) is 17.3. The number of hydrogen-bond donors (Lipinski definition) is 1. The second-order valence-electron chi connectivity index (χ2n) is 7.03. The smallest absolute Gasteiger partial charge is 0.233 e. The Bertz CT molecular complexity index is 632. The highest BCUT2D eigenvalue weighted by Crippen LogP contribution is 2.40. The lowest BCUT2D eigenvalue weighted by atomic mass is 9.78. The van der Waals surface area contributed by atoms with Crippen LogP contribution in [0.15, 0.2) is 5.16 Å². The van der Waals surface area contributed by atoms with Crippen molar-refractivity contribution in [2.75, 3.05) is 25.4 Å². The molecule has 0 aliphatic carbocycles. The van der Waals surface area contributed by atoms with Crippen LogP contribution in [0.25, 0.3) is 0 Å². The second kappa shape index (κ2) is 6.74. The van der Waals surface area contributed by atoms with Gasteiger partial charge in [-0.25, -0.2) is 4.98 Å². The molecule has 0 aromatic carbocycles. The summed E-state index contributed by atoms with van der Waals surface area (Å²) < 4.78 is 0. The fourth-order valence-electron chi connectivity index (χ4n) is 3.66. The molecule has 2 aliphatic heterocycles. The Balaban J connectivity index is 1.59. The van der Waals surface area contributed by atoms with E-state index in [4.69, 9.17) is 0 Å². The van der Waals surface area contributed by atoms with Crippen LogP contribution in [0.3, 0.4) is 0 Å². The van der Waals surface area contributed by atoms with Crippen LogP contribution < -0.4 is 0 Å². The van der Waals surface area contributed by atoms with Crippen LogP contribution >= 0.6 is 11.8 Å². The Morgan fingerprint density at radius 1 is 1.38 bits per heavy atom. The van der Waals surface area contributed by atoms with Crippen LogP contribution in [0.1, 0.15) is 38.9 Å². The van der Waals surface area contributed by atoms with E-state index in [2.05, 4.69) is 29.0 Å². The third-order valence-electron chi connectivity index (χ3n) is 5.00. The van der Waals surface area contributed by atoms with Crippen LogP contribution in [-0.4, -0.2) is 68.2 Å². The number of carbonyl (C=O) groups is 2. The summed E-state index contributed by atoms with van der Waals surface area (Å²) in [5, 5.41) is 7.40. The number of aryl methyl sites for hydroxylation is 1. The van der Waals surface area contributed by atoms with Crippen molar-refractivity contribution in [1.29, 1.82) is 0 Å². The number of carbonyl (C=O) groups excluding carboxylic acids is 2. The van der Waals surface area contributed by atoms with E-state index in [9.17, 15) is 9.59 Å². The number of piperidine rings is 1. The van der Waals surface area contributed by atoms with Gasteiger partial charge in [0.05, 0.1) is 11.2 Å². The van der Waals surface area contributed by atoms with E-state index in [1.165, 1.54) is 11.8 Å². The predicted octanol–water partition coefficient (Wildman–Crippen LogP) is 1.45. The molecule has 132 valence electrons. The summed E-state index contributed by atoms with van der Waals surface area (Å²) in [6.45, 7) is 8.02. The van der Waals surface area contributed by atoms with E-state index in [1.54, 1.807) is 0 Å². The predicted molar refractivity (Wildman–Crippen MR) is 91.6 cm³/mol. The van der Waals surface area contributed by atoms with Gasteiger partial charge in [0.2, 0.25) is 17.0 Å². The molecule has 2 amide bonds. The van der Waals surface area contributed by atoms with E-state index in [0.717, 1.165) is 31.6 Å². The maximum atomic E-state index is 12.9. The van der Waals surface area contributed by atoms with Gasteiger partial charge in [-0.1, -0.05) is 11.8 Å². The van der Waals surface area contributed by atoms with Crippen molar-refractivity contribution in [3.63, 3.8) is 0 Å². The van der Waals surface area contributed by atoms with Gasteiger partial charge in [0.25, 0.3) is 0 Å². The summed E-state index contributed by atoms with van der Waals surface area (Å²) in [6.07, 6.45) is 2.70. The summed E-state index contributed by atoms with van der Waals surface area (Å²) >= 11 is 1.34. The summed E-state index contributed by atoms with van der Waals surface area (Å²) in [5.74, 6) is 1.35. The second-order valence-corrected chi connectivity index (χ2v) is 7.98. The third kappa shape index (κ3) is 3.29. The molecule has 2 saturated heterocycles. The van der Waals surface area contributed by atoms with Gasteiger partial charge in [-0.05, 0) is 40.0 Å². The van der Waals surface area contributed by atoms with Crippen molar-refractivity contribution < 1.29 is 9.59 Å². The first kappa shape index (κ1) is 17.3. The molecule has 1 aromatic rings. The quantitative estimate of drug-likeness (QED) is 0.831. The molecule has 3 heterocycles. The number of nitrogens with zero attached hydrogens (tertiary/aromatic N) is 4. The van der Waals surface area contributed by atoms with Gasteiger partial charge in [-0.3, -0.25) is 14.7 Å². The fourth-order valence-corrected chi connectivity index (χ4v) is 4.41. The average molecular weight is 351 g/mol. The SMILES string of the molecule is Cc1nc(SCC(=O)N2CC[C@]3(CCCN(C(C)C)C3=O)C2)n[nH]1. The molecule has 0 radical (unpaired) electrons. The minimum atomic E-state index is -0.357. The number of aromatic amines is 1. The van der Waals surface area contributed by atoms with Gasteiger partial charge in [0.1, 0.15) is 5.82 Å². The van der Waals surface area contributed by atoms with E-state index >= 15 is 0 Å². The Kier molecular flexibility index (Phi) is 4.85. The number of thioether (sulfide) groups is 1. The van der Waals surface area contributed by atoms with Crippen molar-refractivity contribution >= 4 is 23.6 Å². The van der Waals surface area contributed by atoms with Crippen molar-refractivity contribution in [2.45, 2.75) is 51.2 Å². The topological polar surface area (TPSA) is 82.2 Å². The van der Waals surface area contributed by atoms with E-state index in [1.807, 2.05) is 16.7 Å². The first-order chi connectivity index (χ1) is 11.4. The highest BCUT2D eigenvalue weighted by molar-refractivity contribution is 7.99. The van der Waals surface area contributed by atoms with E-state index in [-0.39, 0.29) is 23.3 Å². The number of rotatable bonds is 4. The molecular weight excluding hydrogens is 326 g/mol. The lowest BCUT2D eigenvalue weighted by Crippen LogP contribution is -2.52. The molecule has 1 atom stereocenters. The molecule has 1 N–H and O–H groups in total. The van der Waals surface area contributed by atoms with Crippen LogP contribution in [-0.2, 0) is 9.59 Å². The summed E-state index contributed by atoms with van der Waals surface area (Å²) in [6, 6.07) is 0.226. The molecule has 0 saturated carbocycles. The summed E-state index contributed by atoms with van der Waals surface area (Å²) in [4.78, 5) is 33.4. The largest absolute Gasteiger partial charge is 0.341 e. The van der Waals surface area contributed by atoms with Gasteiger partial charge >= 0.3 is 0 Å². The average Bonchev–Trinajstić information content (AvgIpc) is 3.15. The highest BCUT2D eigenvalue weighted by Gasteiger charge is 2.49. The number of amides is 2. The number of hydrogen-bond acceptors (Lipinski definition) is 5. The zero-order valence-corrected chi connectivity index (χ0v) is 15.4. The molecule has 1 spiro atoms. The zero-order valence-electron chi connectivity index (χ0n) is 14.5. The number of nitrogens with one attached hydrogen (secondary N) is 1. The van der Waals surface area contributed by atoms with Crippen molar-refractivity contribution in [1.82, 2.24) is 25.0 Å². The van der Waals surface area contributed by atoms with E-state index < -0.39 is 0 Å². The maximum absolute atomic E-state index is 12.9. The molecule has 3 rings (SSSR count). The minimum absolute atomic E-state index is 0.0637. The van der Waals surface area contributed by atoms with Crippen LogP contribution in [0.4, 0.5) is 0 Å². The van der Waals surface area contributed by atoms with Crippen LogP contribution in [0, 0.1) is 12.3 Å². The molecule has 2 aliphatic rings.